The smallest absolute Gasteiger partial charge is 0.324 e. The van der Waals surface area contributed by atoms with Crippen LogP contribution in [0.25, 0.3) is 0 Å². The van der Waals surface area contributed by atoms with Crippen LogP contribution in [0.4, 0.5) is 4.39 Å². The molecule has 0 saturated carbocycles. The maximum atomic E-state index is 13.3. The largest absolute Gasteiger partial charge is 0.480 e. The molecule has 3 rings (SSSR count). The molecule has 2 unspecified atom stereocenters. The molecule has 0 spiro atoms. The summed E-state index contributed by atoms with van der Waals surface area (Å²) in [5.74, 6) is -0.918. The average molecular weight is 277 g/mol. The van der Waals surface area contributed by atoms with Gasteiger partial charge >= 0.3 is 5.97 Å². The van der Waals surface area contributed by atoms with Gasteiger partial charge in [0.05, 0.1) is 0 Å². The molecule has 1 N–H and O–H groups in total. The van der Waals surface area contributed by atoms with E-state index in [2.05, 4.69) is 4.90 Å². The molecule has 1 saturated heterocycles. The molecule has 1 heterocycles. The fourth-order valence-corrected chi connectivity index (χ4v) is 4.00. The van der Waals surface area contributed by atoms with Gasteiger partial charge in [-0.25, -0.2) is 4.39 Å². The van der Waals surface area contributed by atoms with Crippen LogP contribution >= 0.6 is 0 Å². The number of carbonyl (C=O) groups is 1. The first kappa shape index (κ1) is 13.6. The number of rotatable bonds is 3. The molecule has 1 aromatic rings. The lowest BCUT2D eigenvalue weighted by Gasteiger charge is -2.38. The van der Waals surface area contributed by atoms with E-state index in [0.29, 0.717) is 12.8 Å². The average Bonchev–Trinajstić information content (AvgIpc) is 3.01. The van der Waals surface area contributed by atoms with Crippen LogP contribution in [-0.2, 0) is 11.2 Å². The Hall–Kier alpha value is -1.42. The van der Waals surface area contributed by atoms with Gasteiger partial charge in [0.15, 0.2) is 0 Å². The minimum Gasteiger partial charge on any atom is -0.480 e. The van der Waals surface area contributed by atoms with Crippen LogP contribution in [0.3, 0.4) is 0 Å². The zero-order chi connectivity index (χ0) is 14.3. The van der Waals surface area contributed by atoms with Crippen LogP contribution in [0.2, 0.25) is 0 Å². The van der Waals surface area contributed by atoms with Gasteiger partial charge in [-0.05, 0) is 61.9 Å². The number of halogens is 1. The van der Waals surface area contributed by atoms with E-state index in [1.54, 1.807) is 6.07 Å². The van der Waals surface area contributed by atoms with E-state index in [0.717, 1.165) is 36.9 Å². The third-order valence-corrected chi connectivity index (χ3v) is 5.05. The van der Waals surface area contributed by atoms with Crippen molar-refractivity contribution in [3.05, 3.63) is 35.1 Å². The standard InChI is InChI=1S/C16H20FNO2/c1-2-16(15(19)20)8-3-9-18(16)14-7-4-11-10-12(17)5-6-13(11)14/h5-6,10,14H,2-4,7-9H2,1H3,(H,19,20). The normalized spacial score (nSPS) is 29.6. The van der Waals surface area contributed by atoms with Crippen molar-refractivity contribution in [3.63, 3.8) is 0 Å². The molecule has 2 aliphatic rings. The summed E-state index contributed by atoms with van der Waals surface area (Å²) < 4.78 is 13.3. The van der Waals surface area contributed by atoms with E-state index in [1.807, 2.05) is 13.0 Å². The summed E-state index contributed by atoms with van der Waals surface area (Å²) in [4.78, 5) is 13.9. The summed E-state index contributed by atoms with van der Waals surface area (Å²) in [6.07, 6.45) is 4.00. The summed E-state index contributed by atoms with van der Waals surface area (Å²) in [5, 5.41) is 9.68. The fourth-order valence-electron chi connectivity index (χ4n) is 4.00. The molecule has 3 nitrogen and oxygen atoms in total. The summed E-state index contributed by atoms with van der Waals surface area (Å²) >= 11 is 0. The van der Waals surface area contributed by atoms with E-state index >= 15 is 0 Å². The van der Waals surface area contributed by atoms with E-state index in [9.17, 15) is 14.3 Å². The third kappa shape index (κ3) is 1.85. The molecule has 2 atom stereocenters. The number of aliphatic carboxylic acids is 1. The zero-order valence-corrected chi connectivity index (χ0v) is 11.7. The lowest BCUT2D eigenvalue weighted by Crippen LogP contribution is -2.51. The number of hydrogen-bond acceptors (Lipinski definition) is 2. The highest BCUT2D eigenvalue weighted by molar-refractivity contribution is 5.79. The molecule has 0 bridgehead atoms. The first-order valence-electron chi connectivity index (χ1n) is 7.37. The molecule has 20 heavy (non-hydrogen) atoms. The number of fused-ring (bicyclic) bond motifs is 1. The molecule has 1 aliphatic carbocycles. The summed E-state index contributed by atoms with van der Waals surface area (Å²) in [6.45, 7) is 2.77. The predicted molar refractivity (Wildman–Crippen MR) is 74.1 cm³/mol. The first-order chi connectivity index (χ1) is 9.58. The second-order valence-corrected chi connectivity index (χ2v) is 5.88. The summed E-state index contributed by atoms with van der Waals surface area (Å²) in [7, 11) is 0. The monoisotopic (exact) mass is 277 g/mol. The van der Waals surface area contributed by atoms with Gasteiger partial charge in [-0.15, -0.1) is 0 Å². The van der Waals surface area contributed by atoms with Gasteiger partial charge in [0.2, 0.25) is 0 Å². The SMILES string of the molecule is CCC1(C(=O)O)CCCN1C1CCc2cc(F)ccc21. The highest BCUT2D eigenvalue weighted by atomic mass is 19.1. The van der Waals surface area contributed by atoms with Crippen LogP contribution in [0.1, 0.15) is 49.8 Å². The molecule has 1 aliphatic heterocycles. The molecule has 0 amide bonds. The Balaban J connectivity index is 1.97. The van der Waals surface area contributed by atoms with Gasteiger partial charge in [0, 0.05) is 6.04 Å². The van der Waals surface area contributed by atoms with E-state index in [4.69, 9.17) is 0 Å². The van der Waals surface area contributed by atoms with E-state index in [-0.39, 0.29) is 11.9 Å². The molecular weight excluding hydrogens is 257 g/mol. The quantitative estimate of drug-likeness (QED) is 0.922. The third-order valence-electron chi connectivity index (χ3n) is 5.05. The zero-order valence-electron chi connectivity index (χ0n) is 11.7. The second-order valence-electron chi connectivity index (χ2n) is 5.88. The van der Waals surface area contributed by atoms with Gasteiger partial charge in [0.25, 0.3) is 0 Å². The minimum atomic E-state index is -0.735. The number of carboxylic acids is 1. The van der Waals surface area contributed by atoms with Crippen molar-refractivity contribution in [2.75, 3.05) is 6.54 Å². The fraction of sp³-hybridized carbons (Fsp3) is 0.562. The summed E-state index contributed by atoms with van der Waals surface area (Å²) in [5.41, 5.74) is 1.42. The number of likely N-dealkylation sites (tertiary alicyclic amines) is 1. The number of carboxylic acid groups (broad SMARTS) is 1. The Morgan fingerprint density at radius 3 is 3.05 bits per heavy atom. The highest BCUT2D eigenvalue weighted by Crippen LogP contribution is 2.45. The second kappa shape index (κ2) is 4.85. The Morgan fingerprint density at radius 1 is 1.55 bits per heavy atom. The molecule has 1 aromatic carbocycles. The van der Waals surface area contributed by atoms with Crippen molar-refractivity contribution >= 4 is 5.97 Å². The molecule has 4 heteroatoms. The van der Waals surface area contributed by atoms with E-state index < -0.39 is 11.5 Å². The van der Waals surface area contributed by atoms with Gasteiger partial charge < -0.3 is 5.11 Å². The minimum absolute atomic E-state index is 0.129. The van der Waals surface area contributed by atoms with Crippen molar-refractivity contribution < 1.29 is 14.3 Å². The number of aryl methyl sites for hydroxylation is 1. The Bertz CT molecular complexity index is 545. The van der Waals surface area contributed by atoms with Crippen LogP contribution in [0.5, 0.6) is 0 Å². The lowest BCUT2D eigenvalue weighted by atomic mass is 9.91. The first-order valence-corrected chi connectivity index (χ1v) is 7.37. The molecule has 0 aromatic heterocycles. The van der Waals surface area contributed by atoms with Crippen molar-refractivity contribution in [1.82, 2.24) is 4.90 Å². The topological polar surface area (TPSA) is 40.5 Å². The number of hydrogen-bond donors (Lipinski definition) is 1. The molecular formula is C16H20FNO2. The number of nitrogens with zero attached hydrogens (tertiary/aromatic N) is 1. The van der Waals surface area contributed by atoms with Crippen molar-refractivity contribution in [1.29, 1.82) is 0 Å². The van der Waals surface area contributed by atoms with Crippen molar-refractivity contribution in [3.8, 4) is 0 Å². The molecule has 108 valence electrons. The van der Waals surface area contributed by atoms with Crippen LogP contribution in [-0.4, -0.2) is 28.1 Å². The van der Waals surface area contributed by atoms with Crippen LogP contribution in [0, 0.1) is 5.82 Å². The highest BCUT2D eigenvalue weighted by Gasteiger charge is 2.50. The Kier molecular flexibility index (Phi) is 3.28. The van der Waals surface area contributed by atoms with E-state index in [1.165, 1.54) is 6.07 Å². The van der Waals surface area contributed by atoms with Gasteiger partial charge in [-0.2, -0.15) is 0 Å². The molecule has 0 radical (unpaired) electrons. The maximum absolute atomic E-state index is 13.3. The van der Waals surface area contributed by atoms with Gasteiger partial charge in [-0.3, -0.25) is 9.69 Å². The van der Waals surface area contributed by atoms with Crippen LogP contribution < -0.4 is 0 Å². The van der Waals surface area contributed by atoms with Gasteiger partial charge in [0.1, 0.15) is 11.4 Å². The predicted octanol–water partition coefficient (Wildman–Crippen LogP) is 3.14. The van der Waals surface area contributed by atoms with Crippen molar-refractivity contribution in [2.45, 2.75) is 50.6 Å². The molecule has 1 fully saturated rings. The van der Waals surface area contributed by atoms with Gasteiger partial charge in [-0.1, -0.05) is 13.0 Å². The Morgan fingerprint density at radius 2 is 2.35 bits per heavy atom. The number of benzene rings is 1. The maximum Gasteiger partial charge on any atom is 0.324 e. The lowest BCUT2D eigenvalue weighted by molar-refractivity contribution is -0.151. The van der Waals surface area contributed by atoms with Crippen LogP contribution in [0.15, 0.2) is 18.2 Å². The Labute approximate surface area is 118 Å². The van der Waals surface area contributed by atoms with Crippen molar-refractivity contribution in [2.24, 2.45) is 0 Å². The summed E-state index contributed by atoms with van der Waals surface area (Å²) in [6, 6.07) is 5.05.